The number of carbonyl (C=O) groups is 1. The van der Waals surface area contributed by atoms with Crippen LogP contribution >= 0.6 is 11.3 Å². The van der Waals surface area contributed by atoms with E-state index >= 15 is 0 Å². The normalized spacial score (nSPS) is 21.5. The number of nitrogens with one attached hydrogen (secondary N) is 2. The number of alkyl carbamates (subject to hydrolysis) is 1. The van der Waals surface area contributed by atoms with Crippen molar-refractivity contribution in [2.24, 2.45) is 5.92 Å². The van der Waals surface area contributed by atoms with Gasteiger partial charge in [-0.2, -0.15) is 0 Å². The number of hydrogen-bond donors (Lipinski definition) is 2. The van der Waals surface area contributed by atoms with Crippen molar-refractivity contribution in [1.29, 1.82) is 0 Å². The van der Waals surface area contributed by atoms with E-state index in [1.54, 1.807) is 11.3 Å². The average molecular weight is 340 g/mol. The van der Waals surface area contributed by atoms with Gasteiger partial charge in [0.15, 0.2) is 0 Å². The molecule has 0 aromatic carbocycles. The van der Waals surface area contributed by atoms with E-state index in [1.807, 2.05) is 20.8 Å². The molecule has 1 amide bonds. The maximum absolute atomic E-state index is 11.8. The Morgan fingerprint density at radius 1 is 1.30 bits per heavy atom. The first-order valence-corrected chi connectivity index (χ1v) is 9.11. The molecule has 2 unspecified atom stereocenters. The van der Waals surface area contributed by atoms with Crippen LogP contribution in [-0.2, 0) is 11.2 Å². The number of rotatable bonds is 5. The van der Waals surface area contributed by atoms with E-state index in [-0.39, 0.29) is 12.1 Å². The van der Waals surface area contributed by atoms with Gasteiger partial charge in [-0.15, -0.1) is 10.2 Å². The molecule has 7 heteroatoms. The minimum atomic E-state index is -0.459. The standard InChI is InChI=1S/C16H28N4O2S/c1-10(2)8-13-19-20-14(23-13)17-11-6-7-12(9-11)18-15(21)22-16(3,4)5/h10-12H,6-9H2,1-5H3,(H,17,20)(H,18,21). The monoisotopic (exact) mass is 340 g/mol. The first-order chi connectivity index (χ1) is 10.7. The van der Waals surface area contributed by atoms with Crippen LogP contribution in [0.4, 0.5) is 9.93 Å². The summed E-state index contributed by atoms with van der Waals surface area (Å²) >= 11 is 1.63. The van der Waals surface area contributed by atoms with Crippen molar-refractivity contribution in [3.8, 4) is 0 Å². The molecule has 1 heterocycles. The lowest BCUT2D eigenvalue weighted by Crippen LogP contribution is -2.38. The molecule has 23 heavy (non-hydrogen) atoms. The number of ether oxygens (including phenoxy) is 1. The van der Waals surface area contributed by atoms with Gasteiger partial charge in [0.1, 0.15) is 10.6 Å². The van der Waals surface area contributed by atoms with E-state index in [2.05, 4.69) is 34.7 Å². The highest BCUT2D eigenvalue weighted by atomic mass is 32.1. The summed E-state index contributed by atoms with van der Waals surface area (Å²) in [6.07, 6.45) is 3.48. The largest absolute Gasteiger partial charge is 0.444 e. The number of hydrogen-bond acceptors (Lipinski definition) is 6. The predicted molar refractivity (Wildman–Crippen MR) is 92.9 cm³/mol. The van der Waals surface area contributed by atoms with E-state index in [1.165, 1.54) is 0 Å². The third-order valence-electron chi connectivity index (χ3n) is 3.53. The van der Waals surface area contributed by atoms with Crippen molar-refractivity contribution in [1.82, 2.24) is 15.5 Å². The van der Waals surface area contributed by atoms with Crippen LogP contribution in [0.3, 0.4) is 0 Å². The van der Waals surface area contributed by atoms with Crippen LogP contribution in [0.25, 0.3) is 0 Å². The van der Waals surface area contributed by atoms with Crippen LogP contribution in [0, 0.1) is 5.92 Å². The van der Waals surface area contributed by atoms with Gasteiger partial charge < -0.3 is 15.4 Å². The van der Waals surface area contributed by atoms with Crippen LogP contribution in [0.1, 0.15) is 58.9 Å². The fourth-order valence-corrected chi connectivity index (χ4v) is 3.66. The molecular weight excluding hydrogens is 312 g/mol. The highest BCUT2D eigenvalue weighted by molar-refractivity contribution is 7.15. The van der Waals surface area contributed by atoms with Gasteiger partial charge in [-0.3, -0.25) is 0 Å². The van der Waals surface area contributed by atoms with E-state index in [9.17, 15) is 4.79 Å². The fourth-order valence-electron chi connectivity index (χ4n) is 2.64. The molecule has 1 saturated carbocycles. The molecule has 1 aromatic heterocycles. The number of anilines is 1. The lowest BCUT2D eigenvalue weighted by atomic mass is 10.1. The third kappa shape index (κ3) is 6.33. The smallest absolute Gasteiger partial charge is 0.407 e. The van der Waals surface area contributed by atoms with Gasteiger partial charge in [-0.1, -0.05) is 25.2 Å². The molecule has 0 radical (unpaired) electrons. The van der Waals surface area contributed by atoms with E-state index in [4.69, 9.17) is 4.74 Å². The maximum Gasteiger partial charge on any atom is 0.407 e. The molecule has 1 aromatic rings. The minimum absolute atomic E-state index is 0.158. The van der Waals surface area contributed by atoms with Crippen molar-refractivity contribution in [2.75, 3.05) is 5.32 Å². The van der Waals surface area contributed by atoms with Gasteiger partial charge in [-0.25, -0.2) is 4.79 Å². The van der Waals surface area contributed by atoms with Gasteiger partial charge in [0.05, 0.1) is 0 Å². The SMILES string of the molecule is CC(C)Cc1nnc(NC2CCC(NC(=O)OC(C)(C)C)C2)s1. The number of amides is 1. The van der Waals surface area contributed by atoms with Gasteiger partial charge in [0, 0.05) is 18.5 Å². The van der Waals surface area contributed by atoms with E-state index in [0.29, 0.717) is 12.0 Å². The maximum atomic E-state index is 11.8. The van der Waals surface area contributed by atoms with E-state index in [0.717, 1.165) is 35.8 Å². The van der Waals surface area contributed by atoms with Crippen LogP contribution in [0.2, 0.25) is 0 Å². The summed E-state index contributed by atoms with van der Waals surface area (Å²) in [5.74, 6) is 0.588. The molecule has 0 aliphatic heterocycles. The van der Waals surface area contributed by atoms with Crippen molar-refractivity contribution < 1.29 is 9.53 Å². The summed E-state index contributed by atoms with van der Waals surface area (Å²) in [7, 11) is 0. The quantitative estimate of drug-likeness (QED) is 0.856. The molecule has 1 aliphatic carbocycles. The zero-order chi connectivity index (χ0) is 17.0. The zero-order valence-corrected chi connectivity index (χ0v) is 15.5. The molecule has 0 saturated heterocycles. The Bertz CT molecular complexity index is 524. The highest BCUT2D eigenvalue weighted by Gasteiger charge is 2.28. The second-order valence-electron chi connectivity index (χ2n) is 7.60. The first kappa shape index (κ1) is 18.0. The molecule has 2 atom stereocenters. The zero-order valence-electron chi connectivity index (χ0n) is 14.7. The topological polar surface area (TPSA) is 76.1 Å². The molecule has 1 aliphatic rings. The summed E-state index contributed by atoms with van der Waals surface area (Å²) < 4.78 is 5.30. The summed E-state index contributed by atoms with van der Waals surface area (Å²) in [5, 5.41) is 16.8. The summed E-state index contributed by atoms with van der Waals surface area (Å²) in [6.45, 7) is 9.97. The lowest BCUT2D eigenvalue weighted by molar-refractivity contribution is 0.0505. The Morgan fingerprint density at radius 2 is 2.00 bits per heavy atom. The Kier molecular flexibility index (Phi) is 5.84. The Balaban J connectivity index is 1.77. The second-order valence-corrected chi connectivity index (χ2v) is 8.66. The van der Waals surface area contributed by atoms with Crippen molar-refractivity contribution in [3.05, 3.63) is 5.01 Å². The van der Waals surface area contributed by atoms with E-state index < -0.39 is 5.60 Å². The number of carbonyl (C=O) groups excluding carboxylic acids is 1. The fraction of sp³-hybridized carbons (Fsp3) is 0.812. The second kappa shape index (κ2) is 7.47. The molecule has 2 rings (SSSR count). The molecule has 0 spiro atoms. The van der Waals surface area contributed by atoms with Gasteiger partial charge in [-0.05, 0) is 46.0 Å². The van der Waals surface area contributed by atoms with Crippen LogP contribution in [0.15, 0.2) is 0 Å². The number of aromatic nitrogens is 2. The summed E-state index contributed by atoms with van der Waals surface area (Å²) in [5.41, 5.74) is -0.459. The lowest BCUT2D eigenvalue weighted by Gasteiger charge is -2.21. The van der Waals surface area contributed by atoms with Gasteiger partial charge in [0.25, 0.3) is 0 Å². The minimum Gasteiger partial charge on any atom is -0.444 e. The Labute approximate surface area is 142 Å². The van der Waals surface area contributed by atoms with Gasteiger partial charge in [0.2, 0.25) is 5.13 Å². The van der Waals surface area contributed by atoms with Crippen molar-refractivity contribution in [2.45, 2.75) is 78.0 Å². The molecule has 6 nitrogen and oxygen atoms in total. The molecule has 1 fully saturated rings. The highest BCUT2D eigenvalue weighted by Crippen LogP contribution is 2.26. The Hall–Kier alpha value is -1.37. The summed E-state index contributed by atoms with van der Waals surface area (Å²) in [4.78, 5) is 11.8. The van der Waals surface area contributed by atoms with Crippen LogP contribution in [0.5, 0.6) is 0 Å². The molecular formula is C16H28N4O2S. The average Bonchev–Trinajstić information content (AvgIpc) is 2.96. The molecule has 2 N–H and O–H groups in total. The van der Waals surface area contributed by atoms with Gasteiger partial charge >= 0.3 is 6.09 Å². The molecule has 0 bridgehead atoms. The van der Waals surface area contributed by atoms with Crippen molar-refractivity contribution in [3.63, 3.8) is 0 Å². The van der Waals surface area contributed by atoms with Crippen LogP contribution < -0.4 is 10.6 Å². The first-order valence-electron chi connectivity index (χ1n) is 8.29. The molecule has 130 valence electrons. The number of nitrogens with zero attached hydrogens (tertiary/aromatic N) is 2. The predicted octanol–water partition coefficient (Wildman–Crippen LogP) is 3.59. The summed E-state index contributed by atoms with van der Waals surface area (Å²) in [6, 6.07) is 0.486. The Morgan fingerprint density at radius 3 is 2.65 bits per heavy atom. The third-order valence-corrected chi connectivity index (χ3v) is 4.41. The van der Waals surface area contributed by atoms with Crippen molar-refractivity contribution >= 4 is 22.6 Å². The van der Waals surface area contributed by atoms with Crippen LogP contribution in [-0.4, -0.2) is 34.0 Å².